The number of hydrogen-bond acceptors (Lipinski definition) is 6. The Balaban J connectivity index is 1.35. The van der Waals surface area contributed by atoms with Crippen LogP contribution in [-0.2, 0) is 13.0 Å². The van der Waals surface area contributed by atoms with E-state index >= 15 is 0 Å². The van der Waals surface area contributed by atoms with E-state index in [0.717, 1.165) is 36.5 Å². The van der Waals surface area contributed by atoms with Crippen LogP contribution in [0.5, 0.6) is 5.75 Å². The lowest BCUT2D eigenvalue weighted by Gasteiger charge is -2.31. The van der Waals surface area contributed by atoms with Gasteiger partial charge < -0.3 is 18.7 Å². The summed E-state index contributed by atoms with van der Waals surface area (Å²) in [5.41, 5.74) is 3.42. The van der Waals surface area contributed by atoms with Gasteiger partial charge in [0.05, 0.1) is 25.7 Å². The van der Waals surface area contributed by atoms with Crippen LogP contribution in [-0.4, -0.2) is 33.3 Å². The largest absolute Gasteiger partial charge is 0.497 e. The number of rotatable bonds is 4. The van der Waals surface area contributed by atoms with E-state index < -0.39 is 0 Å². The van der Waals surface area contributed by atoms with Crippen molar-refractivity contribution >= 4 is 6.01 Å². The van der Waals surface area contributed by atoms with E-state index in [1.807, 2.05) is 30.6 Å². The minimum absolute atomic E-state index is 0.555. The summed E-state index contributed by atoms with van der Waals surface area (Å²) in [7, 11) is 1.65. The Bertz CT molecular complexity index is 910. The molecule has 1 aliphatic heterocycles. The van der Waals surface area contributed by atoms with Crippen molar-refractivity contribution in [3.63, 3.8) is 0 Å². The van der Waals surface area contributed by atoms with E-state index in [2.05, 4.69) is 24.6 Å². The molecule has 3 aromatic rings. The highest BCUT2D eigenvalue weighted by Crippen LogP contribution is 2.35. The van der Waals surface area contributed by atoms with Gasteiger partial charge in [-0.2, -0.15) is 4.98 Å². The SMILES string of the molecule is COc1ccc(-c2noc(N3CCc4c(ncn4C4CCC4)C3)n2)cc1. The lowest BCUT2D eigenvalue weighted by molar-refractivity contribution is 0.305. The molecule has 0 unspecified atom stereocenters. The highest BCUT2D eigenvalue weighted by atomic mass is 16.5. The quantitative estimate of drug-likeness (QED) is 0.719. The highest BCUT2D eigenvalue weighted by molar-refractivity contribution is 5.57. The third kappa shape index (κ3) is 2.55. The summed E-state index contributed by atoms with van der Waals surface area (Å²) in [6.07, 6.45) is 6.86. The van der Waals surface area contributed by atoms with Crippen LogP contribution in [0.1, 0.15) is 36.7 Å². The fourth-order valence-electron chi connectivity index (χ4n) is 3.68. The predicted octanol–water partition coefficient (Wildman–Crippen LogP) is 3.23. The van der Waals surface area contributed by atoms with E-state index in [1.165, 1.54) is 25.0 Å². The zero-order valence-corrected chi connectivity index (χ0v) is 14.8. The first kappa shape index (κ1) is 15.4. The second-order valence-corrected chi connectivity index (χ2v) is 6.93. The number of imidazole rings is 1. The van der Waals surface area contributed by atoms with E-state index in [-0.39, 0.29) is 0 Å². The molecule has 2 aliphatic rings. The van der Waals surface area contributed by atoms with Gasteiger partial charge in [-0.15, -0.1) is 0 Å². The first-order valence-electron chi connectivity index (χ1n) is 9.09. The second kappa shape index (κ2) is 6.16. The average molecular weight is 351 g/mol. The molecule has 1 fully saturated rings. The zero-order valence-electron chi connectivity index (χ0n) is 14.8. The zero-order chi connectivity index (χ0) is 17.5. The number of anilines is 1. The van der Waals surface area contributed by atoms with Crippen molar-refractivity contribution in [2.24, 2.45) is 0 Å². The van der Waals surface area contributed by atoms with Crippen molar-refractivity contribution in [2.45, 2.75) is 38.3 Å². The summed E-state index contributed by atoms with van der Waals surface area (Å²) in [6, 6.07) is 8.86. The maximum atomic E-state index is 5.52. The van der Waals surface area contributed by atoms with Crippen molar-refractivity contribution in [1.82, 2.24) is 19.7 Å². The fourth-order valence-corrected chi connectivity index (χ4v) is 3.68. The minimum Gasteiger partial charge on any atom is -0.497 e. The second-order valence-electron chi connectivity index (χ2n) is 6.93. The van der Waals surface area contributed by atoms with Gasteiger partial charge >= 0.3 is 6.01 Å². The molecule has 0 bridgehead atoms. The molecular weight excluding hydrogens is 330 g/mol. The molecule has 1 aromatic carbocycles. The van der Waals surface area contributed by atoms with Gasteiger partial charge in [0, 0.05) is 30.3 Å². The third-order valence-electron chi connectivity index (χ3n) is 5.44. The number of ether oxygens (including phenoxy) is 1. The van der Waals surface area contributed by atoms with E-state index in [1.54, 1.807) is 7.11 Å². The molecule has 2 aromatic heterocycles. The first-order valence-corrected chi connectivity index (χ1v) is 9.09. The first-order chi connectivity index (χ1) is 12.8. The van der Waals surface area contributed by atoms with Crippen LogP contribution < -0.4 is 9.64 Å². The van der Waals surface area contributed by atoms with Crippen LogP contribution in [0.2, 0.25) is 0 Å². The van der Waals surface area contributed by atoms with Crippen LogP contribution in [0, 0.1) is 0 Å². The molecule has 0 radical (unpaired) electrons. The molecule has 1 saturated carbocycles. The molecule has 5 rings (SSSR count). The third-order valence-corrected chi connectivity index (χ3v) is 5.44. The van der Waals surface area contributed by atoms with Crippen molar-refractivity contribution in [2.75, 3.05) is 18.6 Å². The lowest BCUT2D eigenvalue weighted by Crippen LogP contribution is -2.32. The summed E-state index contributed by atoms with van der Waals surface area (Å²) in [4.78, 5) is 11.3. The Morgan fingerprint density at radius 2 is 2.04 bits per heavy atom. The van der Waals surface area contributed by atoms with Gasteiger partial charge in [0.15, 0.2) is 0 Å². The Kier molecular flexibility index (Phi) is 3.65. The Morgan fingerprint density at radius 1 is 1.19 bits per heavy atom. The molecule has 0 saturated heterocycles. The lowest BCUT2D eigenvalue weighted by atomic mass is 9.92. The summed E-state index contributed by atoms with van der Waals surface area (Å²) < 4.78 is 13.1. The molecule has 134 valence electrons. The molecule has 0 spiro atoms. The number of nitrogens with zero attached hydrogens (tertiary/aromatic N) is 5. The molecule has 1 aliphatic carbocycles. The smallest absolute Gasteiger partial charge is 0.324 e. The van der Waals surface area contributed by atoms with Gasteiger partial charge in [-0.25, -0.2) is 4.98 Å². The molecular formula is C19H21N5O2. The number of aromatic nitrogens is 4. The van der Waals surface area contributed by atoms with Crippen molar-refractivity contribution in [1.29, 1.82) is 0 Å². The topological polar surface area (TPSA) is 69.2 Å². The van der Waals surface area contributed by atoms with Crippen molar-refractivity contribution in [3.05, 3.63) is 42.0 Å². The Morgan fingerprint density at radius 3 is 2.77 bits per heavy atom. The van der Waals surface area contributed by atoms with Gasteiger partial charge in [-0.3, -0.25) is 0 Å². The van der Waals surface area contributed by atoms with Crippen LogP contribution in [0.3, 0.4) is 0 Å². The average Bonchev–Trinajstić information content (AvgIpc) is 3.28. The molecule has 0 N–H and O–H groups in total. The van der Waals surface area contributed by atoms with E-state index in [4.69, 9.17) is 9.26 Å². The van der Waals surface area contributed by atoms with Gasteiger partial charge in [-0.05, 0) is 43.5 Å². The molecule has 7 heteroatoms. The van der Waals surface area contributed by atoms with Gasteiger partial charge in [0.2, 0.25) is 5.82 Å². The van der Waals surface area contributed by atoms with E-state index in [9.17, 15) is 0 Å². The van der Waals surface area contributed by atoms with Crippen LogP contribution >= 0.6 is 0 Å². The monoisotopic (exact) mass is 351 g/mol. The molecule has 0 atom stereocenters. The Labute approximate surface area is 151 Å². The van der Waals surface area contributed by atoms with Crippen molar-refractivity contribution in [3.8, 4) is 17.1 Å². The summed E-state index contributed by atoms with van der Waals surface area (Å²) in [6.45, 7) is 1.59. The maximum absolute atomic E-state index is 5.52. The van der Waals surface area contributed by atoms with Crippen LogP contribution in [0.25, 0.3) is 11.4 Å². The van der Waals surface area contributed by atoms with Gasteiger partial charge in [0.25, 0.3) is 0 Å². The minimum atomic E-state index is 0.555. The molecule has 26 heavy (non-hydrogen) atoms. The summed E-state index contributed by atoms with van der Waals surface area (Å²) in [5.74, 6) is 1.40. The van der Waals surface area contributed by atoms with Gasteiger partial charge in [0.1, 0.15) is 5.75 Å². The van der Waals surface area contributed by atoms with E-state index in [0.29, 0.717) is 17.9 Å². The summed E-state index contributed by atoms with van der Waals surface area (Å²) in [5, 5.41) is 4.13. The number of methoxy groups -OCH3 is 1. The molecule has 0 amide bonds. The highest BCUT2D eigenvalue weighted by Gasteiger charge is 2.28. The maximum Gasteiger partial charge on any atom is 0.324 e. The number of hydrogen-bond donors (Lipinski definition) is 0. The van der Waals surface area contributed by atoms with Crippen LogP contribution in [0.4, 0.5) is 6.01 Å². The predicted molar refractivity (Wildman–Crippen MR) is 96.2 cm³/mol. The fraction of sp³-hybridized carbons (Fsp3) is 0.421. The standard InChI is InChI=1S/C19H21N5O2/c1-25-15-7-5-13(6-8-15)18-21-19(26-22-18)23-10-9-17-16(11-23)20-12-24(17)14-3-2-4-14/h5-8,12,14H,2-4,9-11H2,1H3. The molecule has 7 nitrogen and oxygen atoms in total. The van der Waals surface area contributed by atoms with Gasteiger partial charge in [-0.1, -0.05) is 5.16 Å². The van der Waals surface area contributed by atoms with Crippen LogP contribution in [0.15, 0.2) is 35.1 Å². The number of benzene rings is 1. The summed E-state index contributed by atoms with van der Waals surface area (Å²) >= 11 is 0. The Hall–Kier alpha value is -2.83. The van der Waals surface area contributed by atoms with Crippen molar-refractivity contribution < 1.29 is 9.26 Å². The normalized spacial score (nSPS) is 17.0. The number of fused-ring (bicyclic) bond motifs is 1. The molecule has 3 heterocycles.